The van der Waals surface area contributed by atoms with Gasteiger partial charge >= 0.3 is 0 Å². The highest BCUT2D eigenvalue weighted by molar-refractivity contribution is 7.89. The highest BCUT2D eigenvalue weighted by Gasteiger charge is 2.25. The number of aliphatic imine (C=N–C) groups is 1. The van der Waals surface area contributed by atoms with E-state index in [0.29, 0.717) is 0 Å². The Balaban J connectivity index is 1.51. The third kappa shape index (κ3) is 5.99. The van der Waals surface area contributed by atoms with Crippen molar-refractivity contribution in [1.82, 2.24) is 4.90 Å². The molecule has 0 spiro atoms. The van der Waals surface area contributed by atoms with E-state index in [-0.39, 0.29) is 17.0 Å². The first-order valence-electron chi connectivity index (χ1n) is 11.7. The molecule has 4 rings (SSSR count). The largest absolute Gasteiger partial charge is 0.497 e. The van der Waals surface area contributed by atoms with Gasteiger partial charge in [0, 0.05) is 49.7 Å². The minimum atomic E-state index is -3.74. The van der Waals surface area contributed by atoms with Crippen LogP contribution in [0.15, 0.2) is 58.4 Å². The van der Waals surface area contributed by atoms with E-state index in [1.54, 1.807) is 19.2 Å². The molecule has 0 unspecified atom stereocenters. The van der Waals surface area contributed by atoms with Crippen molar-refractivity contribution in [2.24, 2.45) is 15.9 Å². The number of benzene rings is 2. The molecule has 10 heteroatoms. The molecule has 2 aromatic carbocycles. The maximum atomic E-state index is 11.6. The minimum Gasteiger partial charge on any atom is -0.497 e. The van der Waals surface area contributed by atoms with Crippen LogP contribution in [0, 0.1) is 0 Å². The van der Waals surface area contributed by atoms with Crippen molar-refractivity contribution < 1.29 is 13.2 Å². The van der Waals surface area contributed by atoms with Crippen molar-refractivity contribution >= 4 is 27.4 Å². The van der Waals surface area contributed by atoms with Gasteiger partial charge in [0.25, 0.3) is 0 Å². The van der Waals surface area contributed by atoms with Gasteiger partial charge in [0.2, 0.25) is 10.0 Å². The van der Waals surface area contributed by atoms with Crippen LogP contribution in [-0.4, -0.2) is 64.6 Å². The molecule has 2 fully saturated rings. The molecular formula is C24H34N6O3S. The van der Waals surface area contributed by atoms with Gasteiger partial charge in [-0.25, -0.2) is 18.5 Å². The van der Waals surface area contributed by atoms with Crippen molar-refractivity contribution in [3.8, 4) is 5.75 Å². The average Bonchev–Trinajstić information content (AvgIpc) is 2.85. The van der Waals surface area contributed by atoms with Crippen molar-refractivity contribution in [3.05, 3.63) is 48.5 Å². The van der Waals surface area contributed by atoms with Crippen molar-refractivity contribution in [2.75, 3.05) is 43.5 Å². The van der Waals surface area contributed by atoms with Crippen LogP contribution in [0.3, 0.4) is 0 Å². The van der Waals surface area contributed by atoms with Gasteiger partial charge in [0.15, 0.2) is 5.96 Å². The quantitative estimate of drug-likeness (QED) is 0.437. The van der Waals surface area contributed by atoms with Crippen LogP contribution in [0.25, 0.3) is 0 Å². The van der Waals surface area contributed by atoms with Gasteiger partial charge in [0.1, 0.15) is 5.75 Å². The molecule has 34 heavy (non-hydrogen) atoms. The van der Waals surface area contributed by atoms with Crippen LogP contribution in [0.1, 0.15) is 25.7 Å². The van der Waals surface area contributed by atoms with Gasteiger partial charge in [-0.05, 0) is 49.2 Å². The molecule has 2 aromatic rings. The Kier molecular flexibility index (Phi) is 7.60. The number of anilines is 2. The summed E-state index contributed by atoms with van der Waals surface area (Å²) in [6.07, 6.45) is 4.22. The molecule has 0 radical (unpaired) electrons. The molecule has 1 aliphatic carbocycles. The molecule has 184 valence electrons. The van der Waals surface area contributed by atoms with Gasteiger partial charge in [-0.1, -0.05) is 18.9 Å². The standard InChI is InChI=1S/C24H34N6O3S/c1-33-20-6-4-5-19(17-20)29-13-15-30(16-14-29)24(28-23-8-3-2-7-22(23)25)27-18-9-11-21(12-10-18)34(26,31)32/h4-6,9-12,17,22-23H,2-3,7-8,13-16,25H2,1H3,(H,27,28)(H2,26,31,32)/t22-,23-/m0/s1. The summed E-state index contributed by atoms with van der Waals surface area (Å²) in [6.45, 7) is 3.27. The average molecular weight is 487 g/mol. The third-order valence-electron chi connectivity index (χ3n) is 6.51. The van der Waals surface area contributed by atoms with Crippen LogP contribution in [0.5, 0.6) is 5.75 Å². The summed E-state index contributed by atoms with van der Waals surface area (Å²) in [6, 6.07) is 14.6. The van der Waals surface area contributed by atoms with Crippen LogP contribution >= 0.6 is 0 Å². The van der Waals surface area contributed by atoms with Gasteiger partial charge in [-0.3, -0.25) is 0 Å². The Morgan fingerprint density at radius 3 is 2.41 bits per heavy atom. The number of piperazine rings is 1. The second-order valence-corrected chi connectivity index (χ2v) is 10.4. The predicted molar refractivity (Wildman–Crippen MR) is 136 cm³/mol. The van der Waals surface area contributed by atoms with Gasteiger partial charge < -0.3 is 25.6 Å². The first-order valence-corrected chi connectivity index (χ1v) is 13.3. The molecule has 5 N–H and O–H groups in total. The van der Waals surface area contributed by atoms with E-state index in [0.717, 1.165) is 74.9 Å². The lowest BCUT2D eigenvalue weighted by Gasteiger charge is -2.38. The van der Waals surface area contributed by atoms with E-state index in [1.807, 2.05) is 12.1 Å². The number of nitrogens with one attached hydrogen (secondary N) is 1. The normalized spacial score (nSPS) is 21.9. The number of primary sulfonamides is 1. The van der Waals surface area contributed by atoms with Crippen molar-refractivity contribution in [2.45, 2.75) is 42.7 Å². The number of guanidine groups is 1. The van der Waals surface area contributed by atoms with E-state index in [4.69, 9.17) is 20.6 Å². The fourth-order valence-electron chi connectivity index (χ4n) is 4.49. The fraction of sp³-hybridized carbons (Fsp3) is 0.458. The van der Waals surface area contributed by atoms with Gasteiger partial charge in [0.05, 0.1) is 18.0 Å². The maximum absolute atomic E-state index is 11.6. The summed E-state index contributed by atoms with van der Waals surface area (Å²) >= 11 is 0. The van der Waals surface area contributed by atoms with Crippen LogP contribution < -0.4 is 25.8 Å². The number of ether oxygens (including phenoxy) is 1. The molecule has 1 heterocycles. The zero-order valence-electron chi connectivity index (χ0n) is 19.6. The number of rotatable bonds is 5. The zero-order valence-corrected chi connectivity index (χ0v) is 20.4. The van der Waals surface area contributed by atoms with Crippen molar-refractivity contribution in [3.63, 3.8) is 0 Å². The van der Waals surface area contributed by atoms with Crippen LogP contribution in [0.2, 0.25) is 0 Å². The molecular weight excluding hydrogens is 452 g/mol. The summed E-state index contributed by atoms with van der Waals surface area (Å²) in [5.74, 6) is 1.62. The fourth-order valence-corrected chi connectivity index (χ4v) is 5.01. The smallest absolute Gasteiger partial charge is 0.238 e. The highest BCUT2D eigenvalue weighted by Crippen LogP contribution is 2.24. The first-order chi connectivity index (χ1) is 16.3. The Labute approximate surface area is 201 Å². The topological polar surface area (TPSA) is 126 Å². The molecule has 2 aliphatic rings. The summed E-state index contributed by atoms with van der Waals surface area (Å²) in [7, 11) is -2.06. The Morgan fingerprint density at radius 2 is 1.76 bits per heavy atom. The van der Waals surface area contributed by atoms with E-state index >= 15 is 0 Å². The highest BCUT2D eigenvalue weighted by atomic mass is 32.2. The summed E-state index contributed by atoms with van der Waals surface area (Å²) in [5, 5.41) is 8.65. The van der Waals surface area contributed by atoms with Crippen LogP contribution in [0.4, 0.5) is 11.4 Å². The zero-order chi connectivity index (χ0) is 24.1. The van der Waals surface area contributed by atoms with Crippen molar-refractivity contribution in [1.29, 1.82) is 0 Å². The Morgan fingerprint density at radius 1 is 1.06 bits per heavy atom. The number of nitrogens with zero attached hydrogens (tertiary/aromatic N) is 3. The lowest BCUT2D eigenvalue weighted by molar-refractivity contribution is 0.360. The van der Waals surface area contributed by atoms with Gasteiger partial charge in [-0.15, -0.1) is 0 Å². The molecule has 1 saturated heterocycles. The molecule has 0 amide bonds. The van der Waals surface area contributed by atoms with E-state index < -0.39 is 10.0 Å². The lowest BCUT2D eigenvalue weighted by atomic mass is 9.91. The monoisotopic (exact) mass is 486 g/mol. The van der Waals surface area contributed by atoms with E-state index in [9.17, 15) is 8.42 Å². The number of nitrogens with two attached hydrogens (primary N) is 2. The molecule has 0 aromatic heterocycles. The Hall–Kier alpha value is -2.82. The molecule has 2 atom stereocenters. The number of methoxy groups -OCH3 is 1. The summed E-state index contributed by atoms with van der Waals surface area (Å²) in [4.78, 5) is 9.72. The summed E-state index contributed by atoms with van der Waals surface area (Å²) < 4.78 is 28.6. The second kappa shape index (κ2) is 10.6. The van der Waals surface area contributed by atoms with E-state index in [2.05, 4.69) is 27.2 Å². The Bertz CT molecular complexity index is 1100. The van der Waals surface area contributed by atoms with Crippen LogP contribution in [-0.2, 0) is 10.0 Å². The molecule has 1 aliphatic heterocycles. The minimum absolute atomic E-state index is 0.0494. The predicted octanol–water partition coefficient (Wildman–Crippen LogP) is 2.20. The third-order valence-corrected chi connectivity index (χ3v) is 7.44. The second-order valence-electron chi connectivity index (χ2n) is 8.84. The number of hydrogen-bond donors (Lipinski definition) is 3. The SMILES string of the molecule is COc1cccc(N2CCN(C(=N[C@H]3CCCC[C@@H]3N)Nc3ccc(S(N)(=O)=O)cc3)CC2)c1. The van der Waals surface area contributed by atoms with Gasteiger partial charge in [-0.2, -0.15) is 0 Å². The maximum Gasteiger partial charge on any atom is 0.238 e. The molecule has 1 saturated carbocycles. The molecule has 0 bridgehead atoms. The van der Waals surface area contributed by atoms with E-state index in [1.165, 1.54) is 12.1 Å². The first kappa shape index (κ1) is 24.3. The lowest BCUT2D eigenvalue weighted by Crippen LogP contribution is -2.51. The number of sulfonamides is 1. The molecule has 9 nitrogen and oxygen atoms in total. The number of hydrogen-bond acceptors (Lipinski definition) is 6. The summed E-state index contributed by atoms with van der Waals surface area (Å²) in [5.41, 5.74) is 8.28.